The van der Waals surface area contributed by atoms with E-state index in [1.165, 1.54) is 5.56 Å². The maximum atomic E-state index is 12.4. The van der Waals surface area contributed by atoms with Gasteiger partial charge in [-0.05, 0) is 45.2 Å². The number of carbonyl (C=O) groups is 1. The minimum absolute atomic E-state index is 0.286. The van der Waals surface area contributed by atoms with Crippen LogP contribution in [0.2, 0.25) is 0 Å². The lowest BCUT2D eigenvalue weighted by Crippen LogP contribution is -2.40. The van der Waals surface area contributed by atoms with Gasteiger partial charge in [-0.2, -0.15) is 0 Å². The van der Waals surface area contributed by atoms with E-state index in [0.717, 1.165) is 29.0 Å². The van der Waals surface area contributed by atoms with E-state index in [1.54, 1.807) is 11.1 Å². The van der Waals surface area contributed by atoms with Crippen LogP contribution in [-0.4, -0.2) is 28.1 Å². The predicted octanol–water partition coefficient (Wildman–Crippen LogP) is 4.26. The molecule has 0 N–H and O–H groups in total. The Morgan fingerprint density at radius 1 is 1.19 bits per heavy atom. The molecule has 0 saturated carbocycles. The van der Waals surface area contributed by atoms with Gasteiger partial charge < -0.3 is 14.4 Å². The van der Waals surface area contributed by atoms with Gasteiger partial charge in [0, 0.05) is 17.8 Å². The molecule has 1 aromatic carbocycles. The second-order valence-corrected chi connectivity index (χ2v) is 7.59. The average Bonchev–Trinajstić information content (AvgIpc) is 2.60. The molecule has 0 fully saturated rings. The van der Waals surface area contributed by atoms with Crippen LogP contribution in [0.25, 0.3) is 0 Å². The Morgan fingerprint density at radius 2 is 1.92 bits per heavy atom. The topological polar surface area (TPSA) is 51.7 Å². The fraction of sp³-hybridized carbons (Fsp3) is 0.429. The zero-order valence-electron chi connectivity index (χ0n) is 15.9. The lowest BCUT2D eigenvalue weighted by molar-refractivity contribution is 0.0221. The van der Waals surface area contributed by atoms with Gasteiger partial charge in [0.15, 0.2) is 0 Å². The van der Waals surface area contributed by atoms with Crippen LogP contribution in [0.4, 0.5) is 4.79 Å². The molecule has 0 atom stereocenters. The predicted molar refractivity (Wildman–Crippen MR) is 100 cm³/mol. The minimum Gasteiger partial charge on any atom is -0.487 e. The van der Waals surface area contributed by atoms with Gasteiger partial charge in [-0.1, -0.05) is 30.3 Å². The van der Waals surface area contributed by atoms with E-state index in [1.807, 2.05) is 58.0 Å². The van der Waals surface area contributed by atoms with Crippen molar-refractivity contribution in [3.63, 3.8) is 0 Å². The third-order valence-electron chi connectivity index (χ3n) is 4.34. The highest BCUT2D eigenvalue weighted by atomic mass is 16.6. The van der Waals surface area contributed by atoms with E-state index in [-0.39, 0.29) is 6.09 Å². The first-order valence-corrected chi connectivity index (χ1v) is 8.95. The van der Waals surface area contributed by atoms with Crippen LogP contribution in [0, 0.1) is 6.92 Å². The SMILES string of the molecule is Cc1ncc(OCc2ccccc2)c2c1CCN(C(=O)OC(C)(C)C)C2. The highest BCUT2D eigenvalue weighted by molar-refractivity contribution is 5.69. The quantitative estimate of drug-likeness (QED) is 0.826. The number of rotatable bonds is 3. The molecule has 1 amide bonds. The van der Waals surface area contributed by atoms with Crippen LogP contribution >= 0.6 is 0 Å². The standard InChI is InChI=1S/C21H26N2O3/c1-15-17-10-11-23(20(24)26-21(2,3)4)13-18(17)19(12-22-15)25-14-16-8-6-5-7-9-16/h5-9,12H,10-11,13-14H2,1-4H3. The normalized spacial score (nSPS) is 13.9. The number of fused-ring (bicyclic) bond motifs is 1. The maximum Gasteiger partial charge on any atom is 0.410 e. The number of hydrogen-bond acceptors (Lipinski definition) is 4. The number of nitrogens with zero attached hydrogens (tertiary/aromatic N) is 2. The van der Waals surface area contributed by atoms with Gasteiger partial charge in [-0.25, -0.2) is 4.79 Å². The molecule has 0 spiro atoms. The van der Waals surface area contributed by atoms with Crippen LogP contribution in [0.1, 0.15) is 43.2 Å². The number of pyridine rings is 1. The smallest absolute Gasteiger partial charge is 0.410 e. The first-order valence-electron chi connectivity index (χ1n) is 8.95. The molecule has 2 aromatic rings. The number of amides is 1. The Balaban J connectivity index is 1.78. The summed E-state index contributed by atoms with van der Waals surface area (Å²) in [5.41, 5.74) is 3.80. The maximum absolute atomic E-state index is 12.4. The Kier molecular flexibility index (Phi) is 5.16. The first-order chi connectivity index (χ1) is 12.3. The third kappa shape index (κ3) is 4.34. The van der Waals surface area contributed by atoms with Crippen LogP contribution in [0.15, 0.2) is 36.5 Å². The average molecular weight is 354 g/mol. The number of aromatic nitrogens is 1. The number of ether oxygens (including phenoxy) is 2. The van der Waals surface area contributed by atoms with Gasteiger partial charge in [0.25, 0.3) is 0 Å². The van der Waals surface area contributed by atoms with Crippen molar-refractivity contribution >= 4 is 6.09 Å². The molecule has 5 nitrogen and oxygen atoms in total. The zero-order chi connectivity index (χ0) is 18.7. The molecular formula is C21H26N2O3. The molecule has 2 heterocycles. The summed E-state index contributed by atoms with van der Waals surface area (Å²) in [7, 11) is 0. The molecule has 0 bridgehead atoms. The van der Waals surface area contributed by atoms with E-state index in [2.05, 4.69) is 4.98 Å². The van der Waals surface area contributed by atoms with Gasteiger partial charge in [0.2, 0.25) is 0 Å². The molecule has 5 heteroatoms. The van der Waals surface area contributed by atoms with Crippen molar-refractivity contribution in [3.8, 4) is 5.75 Å². The van der Waals surface area contributed by atoms with Gasteiger partial charge in [0.1, 0.15) is 18.0 Å². The highest BCUT2D eigenvalue weighted by Gasteiger charge is 2.28. The van der Waals surface area contributed by atoms with Crippen molar-refractivity contribution < 1.29 is 14.3 Å². The summed E-state index contributed by atoms with van der Waals surface area (Å²) in [4.78, 5) is 18.7. The van der Waals surface area contributed by atoms with Crippen molar-refractivity contribution in [3.05, 3.63) is 58.9 Å². The molecule has 1 aliphatic rings. The number of hydrogen-bond donors (Lipinski definition) is 0. The van der Waals surface area contributed by atoms with Gasteiger partial charge in [0.05, 0.1) is 12.7 Å². The summed E-state index contributed by atoms with van der Waals surface area (Å²) in [5.74, 6) is 0.739. The van der Waals surface area contributed by atoms with Crippen LogP contribution in [0.5, 0.6) is 5.75 Å². The van der Waals surface area contributed by atoms with E-state index < -0.39 is 5.60 Å². The summed E-state index contributed by atoms with van der Waals surface area (Å²) in [5, 5.41) is 0. The van der Waals surface area contributed by atoms with Crippen molar-refractivity contribution in [2.24, 2.45) is 0 Å². The molecular weight excluding hydrogens is 328 g/mol. The first kappa shape index (κ1) is 18.2. The van der Waals surface area contributed by atoms with Gasteiger partial charge >= 0.3 is 6.09 Å². The van der Waals surface area contributed by atoms with Crippen molar-refractivity contribution in [1.82, 2.24) is 9.88 Å². The number of aryl methyl sites for hydroxylation is 1. The Hall–Kier alpha value is -2.56. The molecule has 0 unspecified atom stereocenters. The minimum atomic E-state index is -0.502. The van der Waals surface area contributed by atoms with Crippen LogP contribution in [0.3, 0.4) is 0 Å². The fourth-order valence-electron chi connectivity index (χ4n) is 3.04. The fourth-order valence-corrected chi connectivity index (χ4v) is 3.04. The van der Waals surface area contributed by atoms with Crippen molar-refractivity contribution in [2.75, 3.05) is 6.54 Å². The Labute approximate surface area is 155 Å². The molecule has 26 heavy (non-hydrogen) atoms. The molecule has 1 aliphatic heterocycles. The summed E-state index contributed by atoms with van der Waals surface area (Å²) in [6, 6.07) is 10.0. The van der Waals surface area contributed by atoms with E-state index in [4.69, 9.17) is 9.47 Å². The van der Waals surface area contributed by atoms with E-state index >= 15 is 0 Å². The largest absolute Gasteiger partial charge is 0.487 e. The van der Waals surface area contributed by atoms with Crippen molar-refractivity contribution in [2.45, 2.75) is 52.9 Å². The third-order valence-corrected chi connectivity index (χ3v) is 4.34. The Morgan fingerprint density at radius 3 is 2.62 bits per heavy atom. The highest BCUT2D eigenvalue weighted by Crippen LogP contribution is 2.30. The van der Waals surface area contributed by atoms with E-state index in [0.29, 0.717) is 19.7 Å². The molecule has 138 valence electrons. The zero-order valence-corrected chi connectivity index (χ0v) is 15.9. The molecule has 0 aliphatic carbocycles. The second kappa shape index (κ2) is 7.36. The lowest BCUT2D eigenvalue weighted by atomic mass is 9.98. The monoisotopic (exact) mass is 354 g/mol. The summed E-state index contributed by atoms with van der Waals surface area (Å²) >= 11 is 0. The van der Waals surface area contributed by atoms with E-state index in [9.17, 15) is 4.79 Å². The Bertz CT molecular complexity index is 782. The number of carbonyl (C=O) groups excluding carboxylic acids is 1. The summed E-state index contributed by atoms with van der Waals surface area (Å²) in [6.45, 7) is 9.24. The van der Waals surface area contributed by atoms with Crippen molar-refractivity contribution in [1.29, 1.82) is 0 Å². The summed E-state index contributed by atoms with van der Waals surface area (Å²) in [6.07, 6.45) is 2.23. The molecule has 1 aromatic heterocycles. The molecule has 3 rings (SSSR count). The number of benzene rings is 1. The second-order valence-electron chi connectivity index (χ2n) is 7.59. The molecule has 0 radical (unpaired) electrons. The molecule has 0 saturated heterocycles. The lowest BCUT2D eigenvalue weighted by Gasteiger charge is -2.32. The van der Waals surface area contributed by atoms with Crippen LogP contribution in [-0.2, 0) is 24.3 Å². The van der Waals surface area contributed by atoms with Gasteiger partial charge in [-0.15, -0.1) is 0 Å². The summed E-state index contributed by atoms with van der Waals surface area (Å²) < 4.78 is 11.6. The van der Waals surface area contributed by atoms with Gasteiger partial charge in [-0.3, -0.25) is 4.98 Å². The van der Waals surface area contributed by atoms with Crippen LogP contribution < -0.4 is 4.74 Å².